The van der Waals surface area contributed by atoms with Gasteiger partial charge in [0.25, 0.3) is 5.91 Å². The van der Waals surface area contributed by atoms with E-state index >= 15 is 0 Å². The van der Waals surface area contributed by atoms with Crippen LogP contribution in [0.5, 0.6) is 5.75 Å². The third-order valence-electron chi connectivity index (χ3n) is 3.41. The standard InChI is InChI=1S/C18H14Cl2N4O2/c1-26-16-7-6-13(8-14(16)20)23-17-10-21-15(9-22-17)18(25)24-12-4-2-11(19)3-5-12/h2-10H,1H3,(H,22,23)(H,24,25). The number of hydrogen-bond donors (Lipinski definition) is 2. The van der Waals surface area contributed by atoms with Crippen molar-refractivity contribution in [1.29, 1.82) is 0 Å². The van der Waals surface area contributed by atoms with Crippen LogP contribution in [0, 0.1) is 0 Å². The molecule has 0 radical (unpaired) electrons. The van der Waals surface area contributed by atoms with Crippen molar-refractivity contribution in [1.82, 2.24) is 9.97 Å². The number of anilines is 3. The highest BCUT2D eigenvalue weighted by Crippen LogP contribution is 2.28. The van der Waals surface area contributed by atoms with E-state index < -0.39 is 0 Å². The van der Waals surface area contributed by atoms with Crippen molar-refractivity contribution in [2.24, 2.45) is 0 Å². The van der Waals surface area contributed by atoms with E-state index in [1.165, 1.54) is 12.4 Å². The number of rotatable bonds is 5. The number of methoxy groups -OCH3 is 1. The van der Waals surface area contributed by atoms with Gasteiger partial charge < -0.3 is 15.4 Å². The van der Waals surface area contributed by atoms with Gasteiger partial charge in [0.1, 0.15) is 17.3 Å². The lowest BCUT2D eigenvalue weighted by atomic mass is 10.3. The minimum Gasteiger partial charge on any atom is -0.495 e. The SMILES string of the molecule is COc1ccc(Nc2cnc(C(=O)Nc3ccc(Cl)cc3)cn2)cc1Cl. The van der Waals surface area contributed by atoms with E-state index in [0.717, 1.165) is 5.69 Å². The molecule has 8 heteroatoms. The van der Waals surface area contributed by atoms with Gasteiger partial charge in [0.05, 0.1) is 24.5 Å². The van der Waals surface area contributed by atoms with Gasteiger partial charge in [-0.1, -0.05) is 23.2 Å². The van der Waals surface area contributed by atoms with E-state index in [1.54, 1.807) is 49.6 Å². The van der Waals surface area contributed by atoms with Crippen LogP contribution in [0.2, 0.25) is 10.0 Å². The molecule has 0 aliphatic carbocycles. The Morgan fingerprint density at radius 2 is 1.73 bits per heavy atom. The number of carbonyl (C=O) groups is 1. The molecule has 0 spiro atoms. The van der Waals surface area contributed by atoms with Crippen molar-refractivity contribution in [2.75, 3.05) is 17.7 Å². The number of benzene rings is 2. The van der Waals surface area contributed by atoms with Crippen LogP contribution >= 0.6 is 23.2 Å². The molecule has 26 heavy (non-hydrogen) atoms. The zero-order chi connectivity index (χ0) is 18.5. The number of aromatic nitrogens is 2. The molecule has 0 atom stereocenters. The first-order valence-electron chi connectivity index (χ1n) is 7.54. The first kappa shape index (κ1) is 18.0. The number of ether oxygens (including phenoxy) is 1. The van der Waals surface area contributed by atoms with E-state index in [0.29, 0.717) is 27.3 Å². The summed E-state index contributed by atoms with van der Waals surface area (Å²) in [5.74, 6) is 0.700. The highest BCUT2D eigenvalue weighted by molar-refractivity contribution is 6.32. The predicted octanol–water partition coefficient (Wildman–Crippen LogP) is 4.79. The topological polar surface area (TPSA) is 76.1 Å². The number of halogens is 2. The van der Waals surface area contributed by atoms with Gasteiger partial charge in [-0.2, -0.15) is 0 Å². The number of hydrogen-bond acceptors (Lipinski definition) is 5. The smallest absolute Gasteiger partial charge is 0.275 e. The fraction of sp³-hybridized carbons (Fsp3) is 0.0556. The highest BCUT2D eigenvalue weighted by Gasteiger charge is 2.09. The van der Waals surface area contributed by atoms with Gasteiger partial charge >= 0.3 is 0 Å². The second kappa shape index (κ2) is 8.03. The summed E-state index contributed by atoms with van der Waals surface area (Å²) in [5.41, 5.74) is 1.54. The van der Waals surface area contributed by atoms with Crippen LogP contribution in [-0.4, -0.2) is 23.0 Å². The van der Waals surface area contributed by atoms with Crippen LogP contribution in [0.3, 0.4) is 0 Å². The van der Waals surface area contributed by atoms with Crippen LogP contribution in [0.25, 0.3) is 0 Å². The third-order valence-corrected chi connectivity index (χ3v) is 3.96. The van der Waals surface area contributed by atoms with Crippen molar-refractivity contribution in [3.8, 4) is 5.75 Å². The molecule has 0 aliphatic heterocycles. The largest absolute Gasteiger partial charge is 0.495 e. The maximum atomic E-state index is 12.2. The lowest BCUT2D eigenvalue weighted by Crippen LogP contribution is -2.14. The second-order valence-electron chi connectivity index (χ2n) is 5.22. The summed E-state index contributed by atoms with van der Waals surface area (Å²) < 4.78 is 5.11. The van der Waals surface area contributed by atoms with Gasteiger partial charge in [-0.15, -0.1) is 0 Å². The lowest BCUT2D eigenvalue weighted by molar-refractivity contribution is 0.102. The minimum absolute atomic E-state index is 0.193. The van der Waals surface area contributed by atoms with E-state index in [9.17, 15) is 4.79 Å². The predicted molar refractivity (Wildman–Crippen MR) is 103 cm³/mol. The van der Waals surface area contributed by atoms with Gasteiger partial charge in [-0.05, 0) is 42.5 Å². The molecule has 0 saturated carbocycles. The molecule has 0 bridgehead atoms. The van der Waals surface area contributed by atoms with Crippen molar-refractivity contribution < 1.29 is 9.53 Å². The van der Waals surface area contributed by atoms with E-state index in [4.69, 9.17) is 27.9 Å². The van der Waals surface area contributed by atoms with E-state index in [-0.39, 0.29) is 11.6 Å². The maximum absolute atomic E-state index is 12.2. The molecule has 1 aromatic heterocycles. The zero-order valence-corrected chi connectivity index (χ0v) is 15.2. The van der Waals surface area contributed by atoms with Crippen molar-refractivity contribution >= 4 is 46.3 Å². The van der Waals surface area contributed by atoms with E-state index in [1.807, 2.05) is 0 Å². The Hall–Kier alpha value is -2.83. The molecular weight excluding hydrogens is 375 g/mol. The second-order valence-corrected chi connectivity index (χ2v) is 6.07. The van der Waals surface area contributed by atoms with Crippen LogP contribution in [-0.2, 0) is 0 Å². The van der Waals surface area contributed by atoms with Crippen molar-refractivity contribution in [3.05, 3.63) is 70.6 Å². The lowest BCUT2D eigenvalue weighted by Gasteiger charge is -2.09. The summed E-state index contributed by atoms with van der Waals surface area (Å²) in [7, 11) is 1.55. The molecule has 3 aromatic rings. The van der Waals surface area contributed by atoms with Crippen molar-refractivity contribution in [2.45, 2.75) is 0 Å². The molecule has 0 unspecified atom stereocenters. The monoisotopic (exact) mass is 388 g/mol. The number of amides is 1. The molecule has 0 aliphatic rings. The molecule has 2 aromatic carbocycles. The Balaban J connectivity index is 1.67. The zero-order valence-electron chi connectivity index (χ0n) is 13.7. The molecule has 132 valence electrons. The first-order valence-corrected chi connectivity index (χ1v) is 8.30. The van der Waals surface area contributed by atoms with E-state index in [2.05, 4.69) is 20.6 Å². The Bertz CT molecular complexity index is 915. The first-order chi connectivity index (χ1) is 12.5. The Kier molecular flexibility index (Phi) is 5.55. The Morgan fingerprint density at radius 1 is 1.00 bits per heavy atom. The van der Waals surface area contributed by atoms with Gasteiger partial charge in [-0.3, -0.25) is 4.79 Å². The quantitative estimate of drug-likeness (QED) is 0.656. The summed E-state index contributed by atoms with van der Waals surface area (Å²) in [6.45, 7) is 0. The number of nitrogens with one attached hydrogen (secondary N) is 2. The minimum atomic E-state index is -0.362. The average Bonchev–Trinajstić information content (AvgIpc) is 2.64. The van der Waals surface area contributed by atoms with Gasteiger partial charge in [-0.25, -0.2) is 9.97 Å². The van der Waals surface area contributed by atoms with Crippen LogP contribution in [0.4, 0.5) is 17.2 Å². The summed E-state index contributed by atoms with van der Waals surface area (Å²) >= 11 is 11.9. The number of carbonyl (C=O) groups excluding carboxylic acids is 1. The van der Waals surface area contributed by atoms with Crippen LogP contribution in [0.1, 0.15) is 10.5 Å². The third kappa shape index (κ3) is 4.41. The van der Waals surface area contributed by atoms with Crippen LogP contribution in [0.15, 0.2) is 54.9 Å². The van der Waals surface area contributed by atoms with Gasteiger partial charge in [0, 0.05) is 16.4 Å². The maximum Gasteiger partial charge on any atom is 0.275 e. The molecule has 3 rings (SSSR count). The fourth-order valence-corrected chi connectivity index (χ4v) is 2.51. The Morgan fingerprint density at radius 3 is 2.35 bits per heavy atom. The van der Waals surface area contributed by atoms with Crippen molar-refractivity contribution in [3.63, 3.8) is 0 Å². The molecule has 1 heterocycles. The molecule has 2 N–H and O–H groups in total. The van der Waals surface area contributed by atoms with Crippen LogP contribution < -0.4 is 15.4 Å². The molecule has 0 saturated heterocycles. The molecule has 0 fully saturated rings. The summed E-state index contributed by atoms with van der Waals surface area (Å²) in [4.78, 5) is 20.5. The molecule has 6 nitrogen and oxygen atoms in total. The summed E-state index contributed by atoms with van der Waals surface area (Å²) in [5, 5.41) is 6.85. The average molecular weight is 389 g/mol. The molecule has 1 amide bonds. The summed E-state index contributed by atoms with van der Waals surface area (Å²) in [6.07, 6.45) is 2.85. The highest BCUT2D eigenvalue weighted by atomic mass is 35.5. The van der Waals surface area contributed by atoms with Gasteiger partial charge in [0.2, 0.25) is 0 Å². The molecular formula is C18H14Cl2N4O2. The normalized spacial score (nSPS) is 10.3. The summed E-state index contributed by atoms with van der Waals surface area (Å²) in [6, 6.07) is 12.0. The number of nitrogens with zero attached hydrogens (tertiary/aromatic N) is 2. The Labute approximate surface area is 160 Å². The van der Waals surface area contributed by atoms with Gasteiger partial charge in [0.15, 0.2) is 0 Å². The fourth-order valence-electron chi connectivity index (χ4n) is 2.13.